The van der Waals surface area contributed by atoms with Crippen LogP contribution in [-0.2, 0) is 40.1 Å². The molecule has 0 N–H and O–H groups in total. The van der Waals surface area contributed by atoms with Gasteiger partial charge < -0.3 is 23.7 Å². The van der Waals surface area contributed by atoms with E-state index in [-0.39, 0.29) is 13.2 Å². The van der Waals surface area contributed by atoms with Crippen molar-refractivity contribution in [3.63, 3.8) is 0 Å². The summed E-state index contributed by atoms with van der Waals surface area (Å²) in [6.45, 7) is 4.92. The first-order chi connectivity index (χ1) is 15.5. The quantitative estimate of drug-likeness (QED) is 0.434. The number of hydrogen-bond donors (Lipinski definition) is 0. The maximum atomic E-state index is 13.6. The maximum absolute atomic E-state index is 13.6. The summed E-state index contributed by atoms with van der Waals surface area (Å²) in [5.41, 5.74) is -2.76. The second kappa shape index (κ2) is 9.80. The Morgan fingerprint density at radius 2 is 1.61 bits per heavy atom. The van der Waals surface area contributed by atoms with E-state index in [0.717, 1.165) is 13.0 Å². The molecule has 2 heterocycles. The first-order valence-electron chi connectivity index (χ1n) is 10.8. The minimum atomic E-state index is -4.94. The molecule has 0 atom stereocenters. The summed E-state index contributed by atoms with van der Waals surface area (Å²) < 4.78 is 67.6. The molecule has 1 aromatic heterocycles. The molecule has 1 aliphatic carbocycles. The number of rotatable bonds is 7. The number of esters is 2. The number of ether oxygens (including phenoxy) is 5. The first-order valence-corrected chi connectivity index (χ1v) is 10.8. The van der Waals surface area contributed by atoms with Crippen LogP contribution in [0.25, 0.3) is 0 Å². The Balaban J connectivity index is 1.93. The lowest BCUT2D eigenvalue weighted by atomic mass is 9.86. The molecule has 1 saturated heterocycles. The van der Waals surface area contributed by atoms with E-state index in [4.69, 9.17) is 23.7 Å². The molecule has 2 aliphatic rings. The molecule has 12 heteroatoms. The van der Waals surface area contributed by atoms with E-state index in [1.165, 1.54) is 13.8 Å². The highest BCUT2D eigenvalue weighted by Crippen LogP contribution is 2.38. The molecule has 1 spiro atoms. The van der Waals surface area contributed by atoms with Gasteiger partial charge in [-0.15, -0.1) is 0 Å². The zero-order valence-corrected chi connectivity index (χ0v) is 18.7. The standard InChI is InChI=1S/C21H27F3N2O7/c1-4-29-17(27)19(3,18(28)30-5-2)14-12-15(26-16(25-14)21(22,23)24)33-13-6-8-20(9-7-13)31-10-11-32-20/h12-13H,4-11H2,1-3H3. The van der Waals surface area contributed by atoms with Gasteiger partial charge in [0, 0.05) is 18.9 Å². The number of carbonyl (C=O) groups is 2. The summed E-state index contributed by atoms with van der Waals surface area (Å²) in [5.74, 6) is -4.78. The number of alkyl halides is 3. The van der Waals surface area contributed by atoms with Crippen LogP contribution in [-0.4, -0.2) is 60.2 Å². The number of halogens is 3. The fourth-order valence-electron chi connectivity index (χ4n) is 3.82. The topological polar surface area (TPSA) is 106 Å². The highest BCUT2D eigenvalue weighted by Gasteiger charge is 2.50. The fraction of sp³-hybridized carbons (Fsp3) is 0.714. The van der Waals surface area contributed by atoms with Crippen LogP contribution in [0.1, 0.15) is 58.0 Å². The second-order valence-corrected chi connectivity index (χ2v) is 7.90. The SMILES string of the molecule is CCOC(=O)C(C)(C(=O)OCC)c1cc(OC2CCC3(CC2)OCCO3)nc(C(F)(F)F)n1. The lowest BCUT2D eigenvalue weighted by molar-refractivity contribution is -0.186. The van der Waals surface area contributed by atoms with Crippen LogP contribution in [0.15, 0.2) is 6.07 Å². The van der Waals surface area contributed by atoms with Crippen LogP contribution >= 0.6 is 0 Å². The van der Waals surface area contributed by atoms with Crippen molar-refractivity contribution in [3.8, 4) is 5.88 Å². The Morgan fingerprint density at radius 1 is 1.06 bits per heavy atom. The van der Waals surface area contributed by atoms with E-state index in [2.05, 4.69) is 9.97 Å². The number of carbonyl (C=O) groups excluding carboxylic acids is 2. The first kappa shape index (κ1) is 25.2. The molecule has 1 aliphatic heterocycles. The highest BCUT2D eigenvalue weighted by molar-refractivity contribution is 6.05. The number of nitrogens with zero attached hydrogens (tertiary/aromatic N) is 2. The van der Waals surface area contributed by atoms with E-state index in [1.807, 2.05) is 0 Å². The molecule has 0 radical (unpaired) electrons. The summed E-state index contributed by atoms with van der Waals surface area (Å²) in [5, 5.41) is 0. The van der Waals surface area contributed by atoms with Crippen molar-refractivity contribution in [3.05, 3.63) is 17.6 Å². The lowest BCUT2D eigenvalue weighted by Gasteiger charge is -2.35. The van der Waals surface area contributed by atoms with Crippen molar-refractivity contribution in [2.24, 2.45) is 0 Å². The summed E-state index contributed by atoms with van der Waals surface area (Å²) in [6.07, 6.45) is -3.43. The Bertz CT molecular complexity index is 844. The van der Waals surface area contributed by atoms with E-state index >= 15 is 0 Å². The van der Waals surface area contributed by atoms with Gasteiger partial charge >= 0.3 is 18.1 Å². The molecule has 1 saturated carbocycles. The van der Waals surface area contributed by atoms with Gasteiger partial charge in [-0.2, -0.15) is 18.2 Å². The zero-order valence-electron chi connectivity index (χ0n) is 18.7. The average molecular weight is 476 g/mol. The van der Waals surface area contributed by atoms with E-state index in [1.54, 1.807) is 0 Å². The Labute approximate surface area is 188 Å². The smallest absolute Gasteiger partial charge is 0.451 e. The van der Waals surface area contributed by atoms with Crippen molar-refractivity contribution < 1.29 is 46.4 Å². The molecule has 33 heavy (non-hydrogen) atoms. The molecule has 2 fully saturated rings. The molecule has 0 unspecified atom stereocenters. The third kappa shape index (κ3) is 5.37. The normalized spacial score (nSPS) is 18.8. The minimum absolute atomic E-state index is 0.0949. The van der Waals surface area contributed by atoms with Gasteiger partial charge in [0.1, 0.15) is 6.10 Å². The molecular formula is C21H27F3N2O7. The highest BCUT2D eigenvalue weighted by atomic mass is 19.4. The van der Waals surface area contributed by atoms with Gasteiger partial charge in [-0.3, -0.25) is 9.59 Å². The Hall–Kier alpha value is -2.47. The monoisotopic (exact) mass is 476 g/mol. The number of aromatic nitrogens is 2. The van der Waals surface area contributed by atoms with Crippen molar-refractivity contribution in [1.82, 2.24) is 9.97 Å². The molecule has 3 rings (SSSR count). The van der Waals surface area contributed by atoms with Crippen LogP contribution in [0.5, 0.6) is 5.88 Å². The summed E-state index contributed by atoms with van der Waals surface area (Å²) in [6, 6.07) is 1.05. The van der Waals surface area contributed by atoms with Crippen molar-refractivity contribution in [2.45, 2.75) is 69.9 Å². The molecule has 0 bridgehead atoms. The van der Waals surface area contributed by atoms with E-state index in [0.29, 0.717) is 38.9 Å². The van der Waals surface area contributed by atoms with Gasteiger partial charge in [0.15, 0.2) is 5.79 Å². The predicted octanol–water partition coefficient (Wildman–Crippen LogP) is 2.94. The molecular weight excluding hydrogens is 449 g/mol. The van der Waals surface area contributed by atoms with Gasteiger partial charge in [0.2, 0.25) is 17.1 Å². The third-order valence-corrected chi connectivity index (χ3v) is 5.63. The van der Waals surface area contributed by atoms with Crippen molar-refractivity contribution in [2.75, 3.05) is 26.4 Å². The molecule has 0 aromatic carbocycles. The van der Waals surface area contributed by atoms with Crippen LogP contribution in [0, 0.1) is 0 Å². The fourth-order valence-corrected chi connectivity index (χ4v) is 3.82. The van der Waals surface area contributed by atoms with Crippen LogP contribution < -0.4 is 4.74 Å². The third-order valence-electron chi connectivity index (χ3n) is 5.63. The molecule has 1 aromatic rings. The van der Waals surface area contributed by atoms with Gasteiger partial charge in [-0.25, -0.2) is 4.98 Å². The molecule has 0 amide bonds. The average Bonchev–Trinajstić information content (AvgIpc) is 3.22. The minimum Gasteiger partial charge on any atom is -0.474 e. The maximum Gasteiger partial charge on any atom is 0.451 e. The van der Waals surface area contributed by atoms with Crippen LogP contribution in [0.2, 0.25) is 0 Å². The van der Waals surface area contributed by atoms with Crippen molar-refractivity contribution in [1.29, 1.82) is 0 Å². The largest absolute Gasteiger partial charge is 0.474 e. The lowest BCUT2D eigenvalue weighted by Crippen LogP contribution is -2.45. The molecule has 9 nitrogen and oxygen atoms in total. The Kier molecular flexibility index (Phi) is 7.47. The summed E-state index contributed by atoms with van der Waals surface area (Å²) in [4.78, 5) is 32.3. The Morgan fingerprint density at radius 3 is 2.09 bits per heavy atom. The number of hydrogen-bond acceptors (Lipinski definition) is 9. The predicted molar refractivity (Wildman–Crippen MR) is 105 cm³/mol. The van der Waals surface area contributed by atoms with E-state index < -0.39 is 52.8 Å². The van der Waals surface area contributed by atoms with Gasteiger partial charge in [-0.1, -0.05) is 0 Å². The van der Waals surface area contributed by atoms with Crippen LogP contribution in [0.3, 0.4) is 0 Å². The van der Waals surface area contributed by atoms with Gasteiger partial charge in [-0.05, 0) is 33.6 Å². The van der Waals surface area contributed by atoms with E-state index in [9.17, 15) is 22.8 Å². The second-order valence-electron chi connectivity index (χ2n) is 7.90. The van der Waals surface area contributed by atoms with Crippen LogP contribution in [0.4, 0.5) is 13.2 Å². The van der Waals surface area contributed by atoms with Gasteiger partial charge in [0.05, 0.1) is 32.1 Å². The summed E-state index contributed by atoms with van der Waals surface area (Å²) >= 11 is 0. The summed E-state index contributed by atoms with van der Waals surface area (Å²) in [7, 11) is 0. The zero-order chi connectivity index (χ0) is 24.3. The van der Waals surface area contributed by atoms with Gasteiger partial charge in [0.25, 0.3) is 0 Å². The van der Waals surface area contributed by atoms with Crippen molar-refractivity contribution >= 4 is 11.9 Å². The molecule has 184 valence electrons.